The summed E-state index contributed by atoms with van der Waals surface area (Å²) >= 11 is 1.61. The first-order valence-corrected chi connectivity index (χ1v) is 6.92. The Balaban J connectivity index is 2.12. The maximum Gasteiger partial charge on any atom is 0.106 e. The first-order valence-electron chi connectivity index (χ1n) is 6.04. The predicted octanol–water partition coefficient (Wildman–Crippen LogP) is 2.74. The Labute approximate surface area is 111 Å². The molecule has 0 saturated heterocycles. The Morgan fingerprint density at radius 2 is 2.22 bits per heavy atom. The van der Waals surface area contributed by atoms with Crippen LogP contribution in [-0.4, -0.2) is 31.3 Å². The van der Waals surface area contributed by atoms with Gasteiger partial charge in [0.15, 0.2) is 0 Å². The molecule has 1 aromatic heterocycles. The number of hydrogen-bond donors (Lipinski definition) is 1. The van der Waals surface area contributed by atoms with Gasteiger partial charge < -0.3 is 15.4 Å². The fourth-order valence-electron chi connectivity index (χ4n) is 1.82. The van der Waals surface area contributed by atoms with Crippen molar-refractivity contribution >= 4 is 32.9 Å². The maximum absolute atomic E-state index is 6.16. The van der Waals surface area contributed by atoms with Crippen molar-refractivity contribution in [3.63, 3.8) is 0 Å². The van der Waals surface area contributed by atoms with Gasteiger partial charge in [0.1, 0.15) is 5.52 Å². The largest absolute Gasteiger partial charge is 0.395 e. The number of anilines is 2. The highest BCUT2D eigenvalue weighted by Gasteiger charge is 2.10. The van der Waals surface area contributed by atoms with Crippen LogP contribution in [0, 0.1) is 0 Å². The highest BCUT2D eigenvalue weighted by molar-refractivity contribution is 7.16. The highest BCUT2D eigenvalue weighted by Crippen LogP contribution is 2.31. The zero-order chi connectivity index (χ0) is 13.1. The van der Waals surface area contributed by atoms with E-state index in [1.54, 1.807) is 11.3 Å². The minimum atomic E-state index is 0.261. The quantitative estimate of drug-likeness (QED) is 0.845. The van der Waals surface area contributed by atoms with Crippen molar-refractivity contribution in [3.05, 3.63) is 17.6 Å². The summed E-state index contributed by atoms with van der Waals surface area (Å²) in [7, 11) is 2.02. The number of nitrogens with two attached hydrogens (primary N) is 1. The van der Waals surface area contributed by atoms with Gasteiger partial charge in [0, 0.05) is 13.6 Å². The Hall–Kier alpha value is -1.33. The van der Waals surface area contributed by atoms with Crippen molar-refractivity contribution in [2.45, 2.75) is 20.0 Å². The molecule has 0 aliphatic carbocycles. The zero-order valence-electron chi connectivity index (χ0n) is 11.0. The Morgan fingerprint density at radius 3 is 2.94 bits per heavy atom. The van der Waals surface area contributed by atoms with Crippen molar-refractivity contribution in [2.24, 2.45) is 0 Å². The molecule has 1 heterocycles. The molecule has 0 aliphatic heterocycles. The number of aromatic nitrogens is 1. The predicted molar refractivity (Wildman–Crippen MR) is 78.4 cm³/mol. The van der Waals surface area contributed by atoms with Gasteiger partial charge in [-0.05, 0) is 26.0 Å². The number of nitrogen functional groups attached to an aromatic ring is 1. The minimum absolute atomic E-state index is 0.261. The molecule has 2 rings (SSSR count). The van der Waals surface area contributed by atoms with Crippen LogP contribution in [-0.2, 0) is 4.74 Å². The van der Waals surface area contributed by atoms with Gasteiger partial charge in [0.2, 0.25) is 0 Å². The van der Waals surface area contributed by atoms with Crippen LogP contribution < -0.4 is 10.6 Å². The highest BCUT2D eigenvalue weighted by atomic mass is 32.1. The molecule has 98 valence electrons. The monoisotopic (exact) mass is 265 g/mol. The lowest BCUT2D eigenvalue weighted by Gasteiger charge is -2.21. The molecule has 0 spiro atoms. The summed E-state index contributed by atoms with van der Waals surface area (Å²) in [5, 5.41) is 0. The number of likely N-dealkylation sites (N-methyl/N-ethyl adjacent to an activating group) is 1. The van der Waals surface area contributed by atoms with Crippen molar-refractivity contribution < 1.29 is 4.74 Å². The van der Waals surface area contributed by atoms with Crippen LogP contribution in [0.1, 0.15) is 13.8 Å². The lowest BCUT2D eigenvalue weighted by molar-refractivity contribution is 0.0846. The maximum atomic E-state index is 6.16. The lowest BCUT2D eigenvalue weighted by atomic mass is 10.2. The molecule has 2 aromatic rings. The number of hydrogen-bond acceptors (Lipinski definition) is 5. The number of thiazole rings is 1. The normalized spacial score (nSPS) is 11.3. The smallest absolute Gasteiger partial charge is 0.106 e. The van der Waals surface area contributed by atoms with E-state index in [0.29, 0.717) is 6.61 Å². The van der Waals surface area contributed by atoms with Crippen LogP contribution in [0.25, 0.3) is 10.2 Å². The fraction of sp³-hybridized carbons (Fsp3) is 0.462. The second kappa shape index (κ2) is 5.54. The Morgan fingerprint density at radius 1 is 1.44 bits per heavy atom. The van der Waals surface area contributed by atoms with E-state index in [4.69, 9.17) is 10.5 Å². The molecule has 0 saturated carbocycles. The number of fused-ring (bicyclic) bond motifs is 1. The molecule has 4 nitrogen and oxygen atoms in total. The topological polar surface area (TPSA) is 51.4 Å². The van der Waals surface area contributed by atoms with Crippen LogP contribution >= 0.6 is 11.3 Å². The van der Waals surface area contributed by atoms with Crippen LogP contribution in [0.2, 0.25) is 0 Å². The van der Waals surface area contributed by atoms with Crippen molar-refractivity contribution in [1.29, 1.82) is 0 Å². The summed E-state index contributed by atoms with van der Waals surface area (Å²) in [4.78, 5) is 6.41. The van der Waals surface area contributed by atoms with E-state index < -0.39 is 0 Å². The summed E-state index contributed by atoms with van der Waals surface area (Å²) in [5.41, 5.74) is 10.6. The van der Waals surface area contributed by atoms with Gasteiger partial charge in [-0.1, -0.05) is 0 Å². The average molecular weight is 265 g/mol. The van der Waals surface area contributed by atoms with Crippen LogP contribution in [0.4, 0.5) is 11.4 Å². The molecule has 0 unspecified atom stereocenters. The summed E-state index contributed by atoms with van der Waals surface area (Å²) < 4.78 is 6.68. The molecule has 2 N–H and O–H groups in total. The molecule has 1 aromatic carbocycles. The fourth-order valence-corrected chi connectivity index (χ4v) is 2.51. The molecule has 0 aliphatic rings. The first-order chi connectivity index (χ1) is 8.59. The number of benzene rings is 1. The SMILES string of the molecule is CC(C)OCCN(C)c1ccc2scnc2c1N. The zero-order valence-corrected chi connectivity index (χ0v) is 11.8. The summed E-state index contributed by atoms with van der Waals surface area (Å²) in [6, 6.07) is 4.11. The van der Waals surface area contributed by atoms with Crippen LogP contribution in [0.15, 0.2) is 17.6 Å². The van der Waals surface area contributed by atoms with E-state index in [2.05, 4.69) is 16.0 Å². The Kier molecular flexibility index (Phi) is 4.04. The van der Waals surface area contributed by atoms with Gasteiger partial charge in [-0.3, -0.25) is 0 Å². The number of nitrogens with zero attached hydrogens (tertiary/aromatic N) is 2. The standard InChI is InChI=1S/C13H19N3OS/c1-9(2)17-7-6-16(3)10-4-5-11-13(12(10)14)15-8-18-11/h4-5,8-9H,6-7,14H2,1-3H3. The van der Waals surface area contributed by atoms with Gasteiger partial charge in [-0.2, -0.15) is 0 Å². The van der Waals surface area contributed by atoms with Gasteiger partial charge in [0.25, 0.3) is 0 Å². The number of rotatable bonds is 5. The average Bonchev–Trinajstić information content (AvgIpc) is 2.77. The molecule has 18 heavy (non-hydrogen) atoms. The van der Waals surface area contributed by atoms with Crippen LogP contribution in [0.5, 0.6) is 0 Å². The second-order valence-corrected chi connectivity index (χ2v) is 5.42. The molecule has 5 heteroatoms. The summed E-state index contributed by atoms with van der Waals surface area (Å²) in [6.07, 6.45) is 0.261. The van der Waals surface area contributed by atoms with Crippen molar-refractivity contribution in [1.82, 2.24) is 4.98 Å². The summed E-state index contributed by atoms with van der Waals surface area (Å²) in [6.45, 7) is 5.59. The van der Waals surface area contributed by atoms with E-state index in [-0.39, 0.29) is 6.10 Å². The molecule has 0 radical (unpaired) electrons. The molecule has 0 atom stereocenters. The van der Waals surface area contributed by atoms with E-state index in [1.807, 2.05) is 32.5 Å². The van der Waals surface area contributed by atoms with Crippen LogP contribution in [0.3, 0.4) is 0 Å². The van der Waals surface area contributed by atoms with E-state index in [9.17, 15) is 0 Å². The van der Waals surface area contributed by atoms with E-state index in [1.165, 1.54) is 0 Å². The van der Waals surface area contributed by atoms with Gasteiger partial charge in [0.05, 0.1) is 34.3 Å². The molecular formula is C13H19N3OS. The lowest BCUT2D eigenvalue weighted by Crippen LogP contribution is -2.24. The second-order valence-electron chi connectivity index (χ2n) is 4.54. The third kappa shape index (κ3) is 2.73. The van der Waals surface area contributed by atoms with Gasteiger partial charge in [-0.25, -0.2) is 4.98 Å². The van der Waals surface area contributed by atoms with E-state index in [0.717, 1.165) is 28.1 Å². The molecule has 0 amide bonds. The van der Waals surface area contributed by atoms with Gasteiger partial charge in [-0.15, -0.1) is 11.3 Å². The van der Waals surface area contributed by atoms with E-state index >= 15 is 0 Å². The van der Waals surface area contributed by atoms with Crippen molar-refractivity contribution in [3.8, 4) is 0 Å². The molecule has 0 bridgehead atoms. The summed E-state index contributed by atoms with van der Waals surface area (Å²) in [5.74, 6) is 0. The molecule has 0 fully saturated rings. The minimum Gasteiger partial charge on any atom is -0.395 e. The third-order valence-electron chi connectivity index (χ3n) is 2.81. The Bertz CT molecular complexity index is 524. The first kappa shape index (κ1) is 13.1. The third-order valence-corrected chi connectivity index (χ3v) is 3.60. The van der Waals surface area contributed by atoms with Gasteiger partial charge >= 0.3 is 0 Å². The van der Waals surface area contributed by atoms with Crippen molar-refractivity contribution in [2.75, 3.05) is 30.8 Å². The molecular weight excluding hydrogens is 246 g/mol. The number of ether oxygens (including phenoxy) is 1.